The number of rotatable bonds is 10. The van der Waals surface area contributed by atoms with E-state index < -0.39 is 22.3 Å². The first-order valence-electron chi connectivity index (χ1n) is 16.9. The number of guanidine groups is 1. The minimum absolute atomic E-state index is 0.0233. The van der Waals surface area contributed by atoms with Gasteiger partial charge in [0.1, 0.15) is 35.4 Å². The summed E-state index contributed by atoms with van der Waals surface area (Å²) in [4.78, 5) is 56.1. The first-order valence-corrected chi connectivity index (χ1v) is 18.3. The number of hydrogen-bond donors (Lipinski definition) is 2. The molecule has 1 saturated heterocycles. The van der Waals surface area contributed by atoms with Crippen molar-refractivity contribution >= 4 is 50.6 Å². The molecule has 2 N–H and O–H groups in total. The summed E-state index contributed by atoms with van der Waals surface area (Å²) in [7, 11) is 2.03. The molecule has 2 aromatic carbocycles. The highest BCUT2D eigenvalue weighted by atomic mass is 32.2. The molecule has 5 aromatic rings. The Labute approximate surface area is 311 Å². The zero-order valence-electron chi connectivity index (χ0n) is 30.3. The zero-order valence-corrected chi connectivity index (χ0v) is 31.1. The van der Waals surface area contributed by atoms with Gasteiger partial charge in [0.15, 0.2) is 0 Å². The number of hydrogen-bond acceptors (Lipinski definition) is 12. The summed E-state index contributed by atoms with van der Waals surface area (Å²) in [6, 6.07) is 15.5. The molecule has 54 heavy (non-hydrogen) atoms. The lowest BCUT2D eigenvalue weighted by molar-refractivity contribution is -0.132. The number of fused-ring (bicyclic) bond motifs is 1. The van der Waals surface area contributed by atoms with Gasteiger partial charge in [-0.15, -0.1) is 0 Å². The van der Waals surface area contributed by atoms with Crippen molar-refractivity contribution in [3.8, 4) is 17.1 Å². The first kappa shape index (κ1) is 37.6. The maximum absolute atomic E-state index is 14.0. The number of furan rings is 1. The lowest BCUT2D eigenvalue weighted by atomic mass is 10.1. The number of amides is 3. The maximum atomic E-state index is 14.0. The van der Waals surface area contributed by atoms with Gasteiger partial charge < -0.3 is 28.2 Å². The van der Waals surface area contributed by atoms with Crippen molar-refractivity contribution in [3.63, 3.8) is 0 Å². The van der Waals surface area contributed by atoms with Crippen LogP contribution in [-0.2, 0) is 21.6 Å². The van der Waals surface area contributed by atoms with Crippen molar-refractivity contribution in [2.75, 3.05) is 40.1 Å². The molecule has 1 atom stereocenters. The molecule has 18 heteroatoms. The maximum Gasteiger partial charge on any atom is 0.384 e. The molecular formula is C36H39N9O8S. The van der Waals surface area contributed by atoms with E-state index in [1.165, 1.54) is 49.5 Å². The molecule has 0 aliphatic carbocycles. The van der Waals surface area contributed by atoms with Crippen molar-refractivity contribution in [1.82, 2.24) is 34.5 Å². The molecule has 0 radical (unpaired) electrons. The molecule has 0 bridgehead atoms. The Balaban J connectivity index is 1.20. The van der Waals surface area contributed by atoms with Crippen LogP contribution in [-0.4, -0.2) is 102 Å². The van der Waals surface area contributed by atoms with Crippen molar-refractivity contribution in [2.45, 2.75) is 38.8 Å². The second-order valence-corrected chi connectivity index (χ2v) is 14.7. The monoisotopic (exact) mass is 757 g/mol. The third-order valence-corrected chi connectivity index (χ3v) is 9.68. The summed E-state index contributed by atoms with van der Waals surface area (Å²) in [6.45, 7) is 2.29. The number of anilines is 1. The van der Waals surface area contributed by atoms with Gasteiger partial charge in [-0.05, 0) is 86.8 Å². The number of nitrogens with zero attached hydrogens (tertiary/aromatic N) is 7. The predicted molar refractivity (Wildman–Crippen MR) is 198 cm³/mol. The molecular weight excluding hydrogens is 719 g/mol. The molecule has 3 aromatic heterocycles. The number of nitrogens with one attached hydrogen (secondary N) is 2. The van der Waals surface area contributed by atoms with Crippen molar-refractivity contribution < 1.29 is 35.9 Å². The van der Waals surface area contributed by atoms with Gasteiger partial charge >= 0.3 is 10.3 Å². The summed E-state index contributed by atoms with van der Waals surface area (Å²) in [5, 5.41) is 10.8. The number of benzene rings is 2. The van der Waals surface area contributed by atoms with E-state index in [1.54, 1.807) is 43.3 Å². The van der Waals surface area contributed by atoms with E-state index in [9.17, 15) is 22.8 Å². The Morgan fingerprint density at radius 2 is 1.81 bits per heavy atom. The minimum Gasteiger partial charge on any atom is -0.461 e. The van der Waals surface area contributed by atoms with Gasteiger partial charge in [0.05, 0.1) is 5.56 Å². The molecule has 1 unspecified atom stereocenters. The third kappa shape index (κ3) is 8.89. The van der Waals surface area contributed by atoms with Gasteiger partial charge in [-0.3, -0.25) is 24.7 Å². The predicted octanol–water partition coefficient (Wildman–Crippen LogP) is 3.85. The standard InChI is InChI=1S/C36H39N9O8S/c1-22-18-25-19-26(12-16-30(25)51-22)38-36(41-33(46)24-11-15-28(37-20-24)34(47)43(2)3)39-29-8-6-7-17-45(35(29)48)21-31-40-32(42-52-31)23-9-13-27(14-10-23)53-54(49,50)44(4)5/h9-16,18-20,29H,6-8,17,21H2,1-5H3,(H2,38,39,41,46). The summed E-state index contributed by atoms with van der Waals surface area (Å²) in [5.74, 6) is 0.195. The van der Waals surface area contributed by atoms with Crippen LogP contribution < -0.4 is 14.8 Å². The van der Waals surface area contributed by atoms with E-state index in [-0.39, 0.29) is 53.0 Å². The number of aromatic nitrogens is 3. The average Bonchev–Trinajstić information content (AvgIpc) is 3.72. The van der Waals surface area contributed by atoms with E-state index >= 15 is 0 Å². The van der Waals surface area contributed by atoms with Crippen LogP contribution in [0.4, 0.5) is 5.69 Å². The molecule has 4 heterocycles. The molecule has 1 aliphatic heterocycles. The van der Waals surface area contributed by atoms with Crippen LogP contribution in [0.1, 0.15) is 51.8 Å². The average molecular weight is 758 g/mol. The molecule has 0 saturated carbocycles. The normalized spacial score (nSPS) is 15.3. The van der Waals surface area contributed by atoms with Gasteiger partial charge in [-0.25, -0.2) is 4.99 Å². The van der Waals surface area contributed by atoms with Gasteiger partial charge in [0, 0.05) is 57.6 Å². The molecule has 1 aliphatic rings. The molecule has 6 rings (SSSR count). The molecule has 0 spiro atoms. The van der Waals surface area contributed by atoms with Crippen LogP contribution in [0.3, 0.4) is 0 Å². The minimum atomic E-state index is -3.92. The van der Waals surface area contributed by atoms with E-state index in [0.29, 0.717) is 42.6 Å². The highest BCUT2D eigenvalue weighted by Gasteiger charge is 2.29. The molecule has 282 valence electrons. The zero-order chi connectivity index (χ0) is 38.6. The summed E-state index contributed by atoms with van der Waals surface area (Å²) >= 11 is 0. The number of likely N-dealkylation sites (tertiary alicyclic amines) is 1. The lowest BCUT2D eigenvalue weighted by Gasteiger charge is -2.22. The summed E-state index contributed by atoms with van der Waals surface area (Å²) < 4.78 is 41.3. The van der Waals surface area contributed by atoms with E-state index in [0.717, 1.165) is 15.5 Å². The Bertz CT molecular complexity index is 2300. The fourth-order valence-electron chi connectivity index (χ4n) is 5.52. The van der Waals surface area contributed by atoms with E-state index in [1.807, 2.05) is 19.1 Å². The molecule has 3 amide bonds. The highest BCUT2D eigenvalue weighted by Crippen LogP contribution is 2.25. The number of carbonyl (C=O) groups excluding carboxylic acids is 3. The van der Waals surface area contributed by atoms with Crippen LogP contribution in [0, 0.1) is 6.92 Å². The Morgan fingerprint density at radius 3 is 2.52 bits per heavy atom. The Hall–Kier alpha value is -6.14. The van der Waals surface area contributed by atoms with Crippen LogP contribution in [0.2, 0.25) is 0 Å². The number of aryl methyl sites for hydroxylation is 1. The Morgan fingerprint density at radius 1 is 1.04 bits per heavy atom. The van der Waals surface area contributed by atoms with Crippen LogP contribution >= 0.6 is 0 Å². The van der Waals surface area contributed by atoms with Crippen LogP contribution in [0.5, 0.6) is 5.75 Å². The Kier molecular flexibility index (Phi) is 11.0. The summed E-state index contributed by atoms with van der Waals surface area (Å²) in [6.07, 6.45) is 3.12. The van der Waals surface area contributed by atoms with Crippen LogP contribution in [0.25, 0.3) is 22.4 Å². The van der Waals surface area contributed by atoms with E-state index in [4.69, 9.17) is 18.1 Å². The topological polar surface area (TPSA) is 206 Å². The smallest absolute Gasteiger partial charge is 0.384 e. The third-order valence-electron chi connectivity index (χ3n) is 8.38. The second-order valence-electron chi connectivity index (χ2n) is 12.9. The largest absolute Gasteiger partial charge is 0.461 e. The highest BCUT2D eigenvalue weighted by molar-refractivity contribution is 7.84. The summed E-state index contributed by atoms with van der Waals surface area (Å²) in [5.41, 5.74) is 2.21. The quantitative estimate of drug-likeness (QED) is 0.154. The SMILES string of the molecule is Cc1cc2cc(NC(=NC3CCCCN(Cc4nc(-c5ccc(OS(=O)(=O)N(C)C)cc5)no4)C3=O)NC(=O)c3ccc(C(=O)N(C)C)nc3)ccc2o1. The fourth-order valence-corrected chi connectivity index (χ4v) is 6.03. The van der Waals surface area contributed by atoms with E-state index in [2.05, 4.69) is 25.8 Å². The number of aliphatic imine (C=N–C) groups is 1. The van der Waals surface area contributed by atoms with Crippen molar-refractivity contribution in [1.29, 1.82) is 0 Å². The fraction of sp³-hybridized carbons (Fsp3) is 0.306. The van der Waals surface area contributed by atoms with Gasteiger partial charge in [0.2, 0.25) is 23.6 Å². The second kappa shape index (κ2) is 15.8. The first-order chi connectivity index (χ1) is 25.8. The van der Waals surface area contributed by atoms with Crippen molar-refractivity contribution in [2.24, 2.45) is 4.99 Å². The number of pyridine rings is 1. The lowest BCUT2D eigenvalue weighted by Crippen LogP contribution is -2.41. The van der Waals surface area contributed by atoms with Crippen molar-refractivity contribution in [3.05, 3.63) is 89.8 Å². The van der Waals surface area contributed by atoms with Crippen LogP contribution in [0.15, 0.2) is 80.8 Å². The van der Waals surface area contributed by atoms with Gasteiger partial charge in [-0.2, -0.15) is 17.7 Å². The molecule has 1 fully saturated rings. The van der Waals surface area contributed by atoms with Gasteiger partial charge in [0.25, 0.3) is 11.8 Å². The number of carbonyl (C=O) groups is 3. The van der Waals surface area contributed by atoms with Gasteiger partial charge in [-0.1, -0.05) is 5.16 Å². The molecule has 17 nitrogen and oxygen atoms in total.